The van der Waals surface area contributed by atoms with E-state index in [-0.39, 0.29) is 5.91 Å². The van der Waals surface area contributed by atoms with Crippen LogP contribution in [0.4, 0.5) is 0 Å². The van der Waals surface area contributed by atoms with E-state index in [0.717, 1.165) is 38.6 Å². The minimum atomic E-state index is 0.166. The predicted molar refractivity (Wildman–Crippen MR) is 95.8 cm³/mol. The first-order chi connectivity index (χ1) is 11.0. The van der Waals surface area contributed by atoms with E-state index in [1.807, 2.05) is 11.9 Å². The summed E-state index contributed by atoms with van der Waals surface area (Å²) in [5.41, 5.74) is 0. The fourth-order valence-corrected chi connectivity index (χ4v) is 2.06. The third kappa shape index (κ3) is 13.5. The van der Waals surface area contributed by atoms with Crippen molar-refractivity contribution in [2.45, 2.75) is 46.5 Å². The monoisotopic (exact) mass is 330 g/mol. The Hall–Kier alpha value is -0.650. The molecule has 0 heterocycles. The maximum Gasteiger partial charge on any atom is 0.224 e. The summed E-state index contributed by atoms with van der Waals surface area (Å²) >= 11 is 0. The van der Waals surface area contributed by atoms with Crippen LogP contribution in [0.5, 0.6) is 0 Å². The van der Waals surface area contributed by atoms with Crippen molar-refractivity contribution in [2.75, 3.05) is 60.2 Å². The molecule has 0 spiro atoms. The van der Waals surface area contributed by atoms with Crippen LogP contribution in [0.15, 0.2) is 0 Å². The molecule has 0 bridgehead atoms. The van der Waals surface area contributed by atoms with Crippen LogP contribution in [-0.4, -0.2) is 75.9 Å². The van der Waals surface area contributed by atoms with Gasteiger partial charge in [-0.2, -0.15) is 0 Å². The SMILES string of the molecule is CCC(C)CCCN(C)C(=O)CCOCCOCCN(C)CC. The summed E-state index contributed by atoms with van der Waals surface area (Å²) in [6.07, 6.45) is 3.94. The van der Waals surface area contributed by atoms with E-state index >= 15 is 0 Å². The van der Waals surface area contributed by atoms with Crippen molar-refractivity contribution < 1.29 is 14.3 Å². The van der Waals surface area contributed by atoms with Crippen molar-refractivity contribution in [2.24, 2.45) is 5.92 Å². The van der Waals surface area contributed by atoms with Crippen LogP contribution in [0.2, 0.25) is 0 Å². The van der Waals surface area contributed by atoms with Gasteiger partial charge in [0.05, 0.1) is 32.8 Å². The second kappa shape index (κ2) is 14.9. The smallest absolute Gasteiger partial charge is 0.224 e. The van der Waals surface area contributed by atoms with Gasteiger partial charge in [-0.05, 0) is 32.4 Å². The molecule has 0 saturated carbocycles. The van der Waals surface area contributed by atoms with Gasteiger partial charge in [0.15, 0.2) is 0 Å². The number of hydrogen-bond acceptors (Lipinski definition) is 4. The van der Waals surface area contributed by atoms with Crippen LogP contribution in [0.3, 0.4) is 0 Å². The highest BCUT2D eigenvalue weighted by atomic mass is 16.5. The number of rotatable bonds is 15. The van der Waals surface area contributed by atoms with E-state index in [9.17, 15) is 4.79 Å². The first-order valence-corrected chi connectivity index (χ1v) is 9.09. The molecule has 0 radical (unpaired) electrons. The molecule has 0 rings (SSSR count). The van der Waals surface area contributed by atoms with Crippen molar-refractivity contribution in [1.82, 2.24) is 9.80 Å². The van der Waals surface area contributed by atoms with Crippen LogP contribution in [0.1, 0.15) is 46.5 Å². The summed E-state index contributed by atoms with van der Waals surface area (Å²) in [5, 5.41) is 0. The van der Waals surface area contributed by atoms with Gasteiger partial charge in [0.2, 0.25) is 5.91 Å². The summed E-state index contributed by atoms with van der Waals surface area (Å²) in [4.78, 5) is 16.0. The highest BCUT2D eigenvalue weighted by molar-refractivity contribution is 5.75. The van der Waals surface area contributed by atoms with Gasteiger partial charge in [0, 0.05) is 20.1 Å². The average Bonchev–Trinajstić information content (AvgIpc) is 2.56. The molecule has 1 unspecified atom stereocenters. The molecule has 5 nitrogen and oxygen atoms in total. The van der Waals surface area contributed by atoms with E-state index in [2.05, 4.69) is 32.7 Å². The van der Waals surface area contributed by atoms with Crippen molar-refractivity contribution >= 4 is 5.91 Å². The van der Waals surface area contributed by atoms with E-state index in [1.165, 1.54) is 12.8 Å². The number of amides is 1. The van der Waals surface area contributed by atoms with Gasteiger partial charge in [-0.1, -0.05) is 27.2 Å². The normalized spacial score (nSPS) is 12.6. The van der Waals surface area contributed by atoms with Crippen LogP contribution in [0.25, 0.3) is 0 Å². The summed E-state index contributed by atoms with van der Waals surface area (Å²) in [6.45, 7) is 11.8. The van der Waals surface area contributed by atoms with E-state index < -0.39 is 0 Å². The molecule has 0 fully saturated rings. The second-order valence-electron chi connectivity index (χ2n) is 6.34. The Bertz CT molecular complexity index is 287. The quantitative estimate of drug-likeness (QED) is 0.433. The zero-order valence-corrected chi connectivity index (χ0v) is 16.0. The summed E-state index contributed by atoms with van der Waals surface area (Å²) in [7, 11) is 3.96. The summed E-state index contributed by atoms with van der Waals surface area (Å²) in [5.74, 6) is 0.915. The number of nitrogens with zero attached hydrogens (tertiary/aromatic N) is 2. The van der Waals surface area contributed by atoms with E-state index in [1.54, 1.807) is 0 Å². The van der Waals surface area contributed by atoms with Gasteiger partial charge in [0.1, 0.15) is 0 Å². The molecule has 0 N–H and O–H groups in total. The Kier molecular flexibility index (Phi) is 14.5. The number of carbonyl (C=O) groups excluding carboxylic acids is 1. The zero-order valence-electron chi connectivity index (χ0n) is 16.0. The van der Waals surface area contributed by atoms with Gasteiger partial charge >= 0.3 is 0 Å². The van der Waals surface area contributed by atoms with Crippen LogP contribution in [-0.2, 0) is 14.3 Å². The Morgan fingerprint density at radius 3 is 2.26 bits per heavy atom. The number of carbonyl (C=O) groups is 1. The van der Waals surface area contributed by atoms with E-state index in [0.29, 0.717) is 26.2 Å². The largest absolute Gasteiger partial charge is 0.379 e. The number of likely N-dealkylation sites (N-methyl/N-ethyl adjacent to an activating group) is 1. The van der Waals surface area contributed by atoms with E-state index in [4.69, 9.17) is 9.47 Å². The minimum Gasteiger partial charge on any atom is -0.379 e. The van der Waals surface area contributed by atoms with Gasteiger partial charge < -0.3 is 19.3 Å². The molecule has 0 aromatic carbocycles. The van der Waals surface area contributed by atoms with Gasteiger partial charge in [-0.15, -0.1) is 0 Å². The van der Waals surface area contributed by atoms with Gasteiger partial charge in [-0.3, -0.25) is 4.79 Å². The molecule has 1 atom stereocenters. The van der Waals surface area contributed by atoms with Crippen LogP contribution in [0, 0.1) is 5.92 Å². The lowest BCUT2D eigenvalue weighted by molar-refractivity contribution is -0.131. The number of ether oxygens (including phenoxy) is 2. The lowest BCUT2D eigenvalue weighted by Gasteiger charge is -2.18. The highest BCUT2D eigenvalue weighted by Gasteiger charge is 2.08. The Morgan fingerprint density at radius 1 is 1.00 bits per heavy atom. The molecular formula is C18H38N2O3. The molecule has 0 aliphatic heterocycles. The Labute approximate surface area is 143 Å². The Balaban J connectivity index is 3.45. The molecular weight excluding hydrogens is 292 g/mol. The van der Waals surface area contributed by atoms with Crippen molar-refractivity contribution in [3.63, 3.8) is 0 Å². The minimum absolute atomic E-state index is 0.166. The first-order valence-electron chi connectivity index (χ1n) is 9.09. The highest BCUT2D eigenvalue weighted by Crippen LogP contribution is 2.09. The fraction of sp³-hybridized carbons (Fsp3) is 0.944. The molecule has 23 heavy (non-hydrogen) atoms. The lowest BCUT2D eigenvalue weighted by Crippen LogP contribution is -2.29. The van der Waals surface area contributed by atoms with Gasteiger partial charge in [0.25, 0.3) is 0 Å². The topological polar surface area (TPSA) is 42.0 Å². The molecule has 0 saturated heterocycles. The van der Waals surface area contributed by atoms with Crippen molar-refractivity contribution in [3.8, 4) is 0 Å². The Morgan fingerprint density at radius 2 is 1.65 bits per heavy atom. The standard InChI is InChI=1S/C18H38N2O3/c1-6-17(3)9-8-11-20(5)18(21)10-13-22-15-16-23-14-12-19(4)7-2/h17H,6-16H2,1-5H3. The molecule has 138 valence electrons. The van der Waals surface area contributed by atoms with Crippen LogP contribution < -0.4 is 0 Å². The number of hydrogen-bond donors (Lipinski definition) is 0. The third-order valence-corrected chi connectivity index (χ3v) is 4.30. The maximum absolute atomic E-state index is 11.9. The van der Waals surface area contributed by atoms with Crippen LogP contribution >= 0.6 is 0 Å². The van der Waals surface area contributed by atoms with Crippen molar-refractivity contribution in [3.05, 3.63) is 0 Å². The molecule has 5 heteroatoms. The molecule has 0 aromatic rings. The molecule has 0 aliphatic carbocycles. The maximum atomic E-state index is 11.9. The summed E-state index contributed by atoms with van der Waals surface area (Å²) < 4.78 is 10.9. The van der Waals surface area contributed by atoms with Crippen molar-refractivity contribution in [1.29, 1.82) is 0 Å². The molecule has 0 aliphatic rings. The molecule has 0 aromatic heterocycles. The lowest BCUT2D eigenvalue weighted by atomic mass is 10.0. The molecule has 1 amide bonds. The second-order valence-corrected chi connectivity index (χ2v) is 6.34. The predicted octanol–water partition coefficient (Wildman–Crippen LogP) is 2.65. The summed E-state index contributed by atoms with van der Waals surface area (Å²) in [6, 6.07) is 0. The third-order valence-electron chi connectivity index (χ3n) is 4.30. The first kappa shape index (κ1) is 22.4. The van der Waals surface area contributed by atoms with Gasteiger partial charge in [-0.25, -0.2) is 0 Å². The average molecular weight is 331 g/mol. The zero-order chi connectivity index (χ0) is 17.5. The fourth-order valence-electron chi connectivity index (χ4n) is 2.06.